The van der Waals surface area contributed by atoms with Crippen LogP contribution in [0.4, 0.5) is 4.39 Å². The number of rotatable bonds is 6. The number of amides is 1. The lowest BCUT2D eigenvalue weighted by molar-refractivity contribution is -0.131. The fourth-order valence-corrected chi connectivity index (χ4v) is 4.05. The molecule has 11 heteroatoms. The Morgan fingerprint density at radius 1 is 1.39 bits per heavy atom. The molecule has 2 aromatic rings. The maximum Gasteiger partial charge on any atom is 0.264 e. The van der Waals surface area contributed by atoms with Crippen molar-refractivity contribution in [3.63, 3.8) is 0 Å². The van der Waals surface area contributed by atoms with Gasteiger partial charge in [-0.15, -0.1) is 0 Å². The Labute approximate surface area is 189 Å². The van der Waals surface area contributed by atoms with Crippen LogP contribution in [0.5, 0.6) is 0 Å². The molecular formula is C22H22FN3O6S. The highest BCUT2D eigenvalue weighted by molar-refractivity contribution is 7.92. The normalized spacial score (nSPS) is 18.9. The second-order valence-electron chi connectivity index (χ2n) is 8.09. The molecule has 1 fully saturated rings. The fourth-order valence-electron chi connectivity index (χ4n) is 3.21. The van der Waals surface area contributed by atoms with E-state index in [9.17, 15) is 22.4 Å². The molecule has 1 unspecified atom stereocenters. The minimum absolute atomic E-state index is 0.0141. The van der Waals surface area contributed by atoms with Crippen LogP contribution in [0.1, 0.15) is 25.3 Å². The van der Waals surface area contributed by atoms with Gasteiger partial charge in [-0.1, -0.05) is 5.92 Å². The minimum Gasteiger partial charge on any atom is -0.396 e. The molecule has 1 saturated carbocycles. The van der Waals surface area contributed by atoms with Crippen LogP contribution in [-0.4, -0.2) is 51.8 Å². The number of aryl methyl sites for hydroxylation is 1. The van der Waals surface area contributed by atoms with Gasteiger partial charge in [0.25, 0.3) is 11.5 Å². The van der Waals surface area contributed by atoms with Gasteiger partial charge in [-0.2, -0.15) is 0 Å². The summed E-state index contributed by atoms with van der Waals surface area (Å²) in [5, 5.41) is 17.9. The van der Waals surface area contributed by atoms with Crippen LogP contribution in [-0.2, 0) is 21.2 Å². The summed E-state index contributed by atoms with van der Waals surface area (Å²) in [6.45, 7) is 0.999. The van der Waals surface area contributed by atoms with Crippen molar-refractivity contribution in [3.8, 4) is 23.7 Å². The van der Waals surface area contributed by atoms with Crippen LogP contribution in [0.15, 0.2) is 23.3 Å². The van der Waals surface area contributed by atoms with Crippen LogP contribution in [0.3, 0.4) is 0 Å². The number of aliphatic hydroxyl groups is 1. The number of aliphatic hydroxyl groups excluding tert-OH is 1. The van der Waals surface area contributed by atoms with Crippen LogP contribution in [0, 0.1) is 41.3 Å². The predicted molar refractivity (Wildman–Crippen MR) is 117 cm³/mol. The predicted octanol–water partition coefficient (Wildman–Crippen LogP) is 0.218. The zero-order valence-corrected chi connectivity index (χ0v) is 18.7. The van der Waals surface area contributed by atoms with E-state index in [0.717, 1.165) is 30.2 Å². The molecule has 0 bridgehead atoms. The number of hydroxylamine groups is 1. The fraction of sp³-hybridized carbons (Fsp3) is 0.409. The molecule has 1 aliphatic carbocycles. The van der Waals surface area contributed by atoms with Crippen molar-refractivity contribution >= 4 is 26.6 Å². The topological polar surface area (TPSA) is 139 Å². The molecule has 3 N–H and O–H groups in total. The van der Waals surface area contributed by atoms with Gasteiger partial charge in [0, 0.05) is 25.3 Å². The molecular weight excluding hydrogens is 453 g/mol. The summed E-state index contributed by atoms with van der Waals surface area (Å²) in [6, 6.07) is 2.32. The molecule has 174 valence electrons. The average molecular weight is 475 g/mol. The van der Waals surface area contributed by atoms with Gasteiger partial charge in [0.15, 0.2) is 14.6 Å². The van der Waals surface area contributed by atoms with Gasteiger partial charge in [-0.25, -0.2) is 23.3 Å². The number of carbonyl (C=O) groups excluding carboxylic acids is 1. The number of carbonyl (C=O) groups is 1. The maximum atomic E-state index is 14.5. The first-order chi connectivity index (χ1) is 15.5. The first-order valence-corrected chi connectivity index (χ1v) is 11.9. The molecule has 0 aliphatic heterocycles. The third-order valence-electron chi connectivity index (χ3n) is 5.82. The molecule has 33 heavy (non-hydrogen) atoms. The number of aromatic nitrogens is 2. The van der Waals surface area contributed by atoms with Crippen molar-refractivity contribution in [1.82, 2.24) is 15.0 Å². The van der Waals surface area contributed by atoms with Gasteiger partial charge in [-0.05, 0) is 55.6 Å². The number of halogens is 1. The SMILES string of the molecule is CC(CCn1cnc2cc(C#CC#C[C@@H]3C[C@H]3CO)c(F)cc2c1=O)(C(=O)NO)S(C)(=O)=O. The number of nitrogens with zero attached hydrogens (tertiary/aromatic N) is 2. The number of sulfone groups is 1. The number of hydrogen-bond donors (Lipinski definition) is 3. The highest BCUT2D eigenvalue weighted by Gasteiger charge is 2.43. The number of benzene rings is 1. The molecule has 1 heterocycles. The second-order valence-corrected chi connectivity index (χ2v) is 10.5. The van der Waals surface area contributed by atoms with Crippen LogP contribution in [0.2, 0.25) is 0 Å². The molecule has 0 spiro atoms. The lowest BCUT2D eigenvalue weighted by atomic mass is 10.1. The van der Waals surface area contributed by atoms with Crippen molar-refractivity contribution in [3.05, 3.63) is 40.2 Å². The summed E-state index contributed by atoms with van der Waals surface area (Å²) in [6.07, 6.45) is 2.51. The number of hydrogen-bond acceptors (Lipinski definition) is 7. The van der Waals surface area contributed by atoms with E-state index in [0.29, 0.717) is 0 Å². The van der Waals surface area contributed by atoms with Gasteiger partial charge in [0.05, 0.1) is 22.8 Å². The van der Waals surface area contributed by atoms with Crippen molar-refractivity contribution in [2.24, 2.45) is 11.8 Å². The van der Waals surface area contributed by atoms with Crippen molar-refractivity contribution in [2.45, 2.75) is 31.1 Å². The highest BCUT2D eigenvalue weighted by atomic mass is 32.2. The number of fused-ring (bicyclic) bond motifs is 1. The Hall–Kier alpha value is -3.25. The number of nitrogens with one attached hydrogen (secondary N) is 1. The average Bonchev–Trinajstić information content (AvgIpc) is 3.54. The summed E-state index contributed by atoms with van der Waals surface area (Å²) in [4.78, 5) is 28.8. The van der Waals surface area contributed by atoms with Gasteiger partial charge >= 0.3 is 0 Å². The Morgan fingerprint density at radius 2 is 2.12 bits per heavy atom. The maximum absolute atomic E-state index is 14.5. The van der Waals surface area contributed by atoms with Gasteiger partial charge < -0.3 is 5.11 Å². The summed E-state index contributed by atoms with van der Waals surface area (Å²) >= 11 is 0. The smallest absolute Gasteiger partial charge is 0.264 e. The van der Waals surface area contributed by atoms with E-state index in [1.165, 1.54) is 17.9 Å². The quantitative estimate of drug-likeness (QED) is 0.309. The summed E-state index contributed by atoms with van der Waals surface area (Å²) < 4.78 is 37.7. The third-order valence-corrected chi connectivity index (χ3v) is 7.84. The Morgan fingerprint density at radius 3 is 2.73 bits per heavy atom. The second kappa shape index (κ2) is 9.32. The van der Waals surface area contributed by atoms with Gasteiger partial charge in [-0.3, -0.25) is 19.4 Å². The van der Waals surface area contributed by atoms with Crippen LogP contribution >= 0.6 is 0 Å². The molecule has 1 aliphatic rings. The first-order valence-electron chi connectivity index (χ1n) is 9.97. The molecule has 3 atom stereocenters. The van der Waals surface area contributed by atoms with Crippen molar-refractivity contribution in [2.75, 3.05) is 12.9 Å². The van der Waals surface area contributed by atoms with E-state index < -0.39 is 31.9 Å². The zero-order chi connectivity index (χ0) is 24.4. The monoisotopic (exact) mass is 475 g/mol. The Bertz CT molecular complexity index is 1400. The summed E-state index contributed by atoms with van der Waals surface area (Å²) in [5.41, 5.74) is 0.920. The molecule has 1 amide bonds. The molecule has 0 saturated heterocycles. The molecule has 3 rings (SSSR count). The first kappa shape index (κ1) is 24.4. The molecule has 0 radical (unpaired) electrons. The lowest BCUT2D eigenvalue weighted by Crippen LogP contribution is -2.50. The van der Waals surface area contributed by atoms with Crippen LogP contribution in [0.25, 0.3) is 10.9 Å². The highest BCUT2D eigenvalue weighted by Crippen LogP contribution is 2.36. The standard InChI is InChI=1S/C22H22FN3O6S/c1-22(21(29)25-30,33(2,31)32)7-8-26-13-24-19-10-15(18(23)11-17(19)20(26)28)6-4-3-5-14-9-16(14)12-27/h10-11,13-14,16,27,30H,7-9,12H2,1-2H3,(H,25,29)/t14-,16+,22?/m1/s1. The summed E-state index contributed by atoms with van der Waals surface area (Å²) in [7, 11) is -3.94. The minimum atomic E-state index is -3.94. The largest absolute Gasteiger partial charge is 0.396 e. The molecule has 1 aromatic carbocycles. The van der Waals surface area contributed by atoms with Crippen molar-refractivity contribution in [1.29, 1.82) is 0 Å². The molecule has 9 nitrogen and oxygen atoms in total. The van der Waals surface area contributed by atoms with E-state index in [2.05, 4.69) is 28.7 Å². The third kappa shape index (κ3) is 5.06. The van der Waals surface area contributed by atoms with Crippen molar-refractivity contribution < 1.29 is 27.9 Å². The molecule has 1 aromatic heterocycles. The lowest BCUT2D eigenvalue weighted by Gasteiger charge is -2.25. The van der Waals surface area contributed by atoms with E-state index in [-0.39, 0.29) is 47.9 Å². The van der Waals surface area contributed by atoms with E-state index >= 15 is 0 Å². The van der Waals surface area contributed by atoms with Gasteiger partial charge in [0.1, 0.15) is 5.82 Å². The Kier molecular flexibility index (Phi) is 6.89. The van der Waals surface area contributed by atoms with E-state index in [4.69, 9.17) is 10.3 Å². The Balaban J connectivity index is 1.86. The summed E-state index contributed by atoms with van der Waals surface area (Å²) in [5.74, 6) is 9.09. The van der Waals surface area contributed by atoms with E-state index in [1.54, 1.807) is 0 Å². The van der Waals surface area contributed by atoms with Gasteiger partial charge in [0.2, 0.25) is 0 Å². The zero-order valence-electron chi connectivity index (χ0n) is 17.9. The van der Waals surface area contributed by atoms with Crippen LogP contribution < -0.4 is 11.0 Å². The van der Waals surface area contributed by atoms with E-state index in [1.807, 2.05) is 0 Å².